The van der Waals surface area contributed by atoms with E-state index < -0.39 is 34.6 Å². The van der Waals surface area contributed by atoms with Gasteiger partial charge in [-0.1, -0.05) is 0 Å². The predicted octanol–water partition coefficient (Wildman–Crippen LogP) is -2.91. The van der Waals surface area contributed by atoms with Gasteiger partial charge in [0.25, 0.3) is 10.1 Å². The number of rotatable bonds is 9. The van der Waals surface area contributed by atoms with Crippen molar-refractivity contribution in [3.63, 3.8) is 0 Å². The lowest BCUT2D eigenvalue weighted by Crippen LogP contribution is -2.40. The Labute approximate surface area is 99.9 Å². The predicted molar refractivity (Wildman–Crippen MR) is 58.7 cm³/mol. The Hall–Kier alpha value is -0.290. The highest BCUT2D eigenvalue weighted by atomic mass is 32.2. The van der Waals surface area contributed by atoms with Crippen molar-refractivity contribution in [2.24, 2.45) is 5.92 Å². The summed E-state index contributed by atoms with van der Waals surface area (Å²) in [5, 5.41) is 35.9. The molecule has 1 unspecified atom stereocenters. The van der Waals surface area contributed by atoms with Gasteiger partial charge >= 0.3 is 0 Å². The molecular weight excluding hydrogens is 254 g/mol. The molecule has 0 aromatic carbocycles. The molecule has 0 amide bonds. The van der Waals surface area contributed by atoms with E-state index in [1.165, 1.54) is 4.90 Å². The molecule has 0 rings (SSSR count). The zero-order valence-corrected chi connectivity index (χ0v) is 10.1. The van der Waals surface area contributed by atoms with Crippen molar-refractivity contribution in [3.05, 3.63) is 0 Å². The van der Waals surface area contributed by atoms with E-state index in [-0.39, 0.29) is 26.3 Å². The minimum Gasteiger partial charge on any atom is -0.396 e. The first-order chi connectivity index (χ1) is 7.82. The largest absolute Gasteiger partial charge is 0.396 e. The SMILES string of the molecule is O=S(=O)(O)CC(O)CN(CO)CC(CO)CO. The zero-order chi connectivity index (χ0) is 13.5. The molecule has 0 radical (unpaired) electrons. The van der Waals surface area contributed by atoms with E-state index in [2.05, 4.69) is 0 Å². The van der Waals surface area contributed by atoms with Crippen LogP contribution in [-0.2, 0) is 10.1 Å². The standard InChI is InChI=1S/C8H19NO7S/c10-3-7(4-11)1-9(6-12)2-8(13)5-17(14,15)16/h7-8,10-13H,1-6H2,(H,14,15,16). The molecule has 0 aromatic rings. The fraction of sp³-hybridized carbons (Fsp3) is 1.00. The first-order valence-corrected chi connectivity index (χ1v) is 6.61. The van der Waals surface area contributed by atoms with Crippen LogP contribution in [-0.4, -0.2) is 83.2 Å². The van der Waals surface area contributed by atoms with Crippen LogP contribution in [0.1, 0.15) is 0 Å². The second-order valence-corrected chi connectivity index (χ2v) is 5.31. The van der Waals surface area contributed by atoms with Gasteiger partial charge in [0.1, 0.15) is 5.75 Å². The monoisotopic (exact) mass is 273 g/mol. The van der Waals surface area contributed by atoms with Gasteiger partial charge < -0.3 is 20.4 Å². The van der Waals surface area contributed by atoms with Gasteiger partial charge in [-0.25, -0.2) is 0 Å². The highest BCUT2D eigenvalue weighted by Crippen LogP contribution is 2.01. The summed E-state index contributed by atoms with van der Waals surface area (Å²) in [5.74, 6) is -1.31. The van der Waals surface area contributed by atoms with E-state index in [1.54, 1.807) is 0 Å². The first-order valence-electron chi connectivity index (χ1n) is 5.00. The maximum absolute atomic E-state index is 10.5. The maximum atomic E-state index is 10.5. The van der Waals surface area contributed by atoms with Gasteiger partial charge in [0.2, 0.25) is 0 Å². The number of aliphatic hydroxyl groups excluding tert-OH is 4. The van der Waals surface area contributed by atoms with Crippen molar-refractivity contribution in [2.45, 2.75) is 6.10 Å². The molecule has 104 valence electrons. The minimum atomic E-state index is -4.27. The van der Waals surface area contributed by atoms with E-state index in [1.807, 2.05) is 0 Å². The van der Waals surface area contributed by atoms with Crippen LogP contribution in [0.25, 0.3) is 0 Å². The van der Waals surface area contributed by atoms with Crippen LogP contribution >= 0.6 is 0 Å². The Morgan fingerprint density at radius 3 is 1.94 bits per heavy atom. The van der Waals surface area contributed by atoms with Crippen LogP contribution in [0.5, 0.6) is 0 Å². The Kier molecular flexibility index (Phi) is 7.79. The van der Waals surface area contributed by atoms with Gasteiger partial charge in [-0.15, -0.1) is 0 Å². The van der Waals surface area contributed by atoms with Gasteiger partial charge in [-0.3, -0.25) is 9.45 Å². The fourth-order valence-corrected chi connectivity index (χ4v) is 1.91. The van der Waals surface area contributed by atoms with Crippen molar-refractivity contribution < 1.29 is 33.4 Å². The molecule has 9 heteroatoms. The summed E-state index contributed by atoms with van der Waals surface area (Å²) in [6, 6.07) is 0. The van der Waals surface area contributed by atoms with Gasteiger partial charge in [0.15, 0.2) is 0 Å². The molecule has 8 nitrogen and oxygen atoms in total. The molecule has 0 saturated carbocycles. The molecule has 0 heterocycles. The van der Waals surface area contributed by atoms with Crippen LogP contribution in [0, 0.1) is 5.92 Å². The molecule has 0 aliphatic heterocycles. The molecule has 0 spiro atoms. The third-order valence-corrected chi connectivity index (χ3v) is 2.91. The summed E-state index contributed by atoms with van der Waals surface area (Å²) in [6.07, 6.45) is -1.35. The van der Waals surface area contributed by atoms with Gasteiger partial charge in [-0.05, 0) is 0 Å². The Bertz CT molecular complexity index is 290. The molecule has 0 aromatic heterocycles. The molecule has 0 saturated heterocycles. The summed E-state index contributed by atoms with van der Waals surface area (Å²) in [5.41, 5.74) is 0. The smallest absolute Gasteiger partial charge is 0.267 e. The second-order valence-electron chi connectivity index (χ2n) is 3.81. The summed E-state index contributed by atoms with van der Waals surface area (Å²) in [7, 11) is -4.27. The van der Waals surface area contributed by atoms with Crippen molar-refractivity contribution in [1.29, 1.82) is 0 Å². The molecule has 5 N–H and O–H groups in total. The molecule has 0 bridgehead atoms. The quantitative estimate of drug-likeness (QED) is 0.222. The number of aliphatic hydroxyl groups is 4. The molecule has 1 atom stereocenters. The van der Waals surface area contributed by atoms with E-state index >= 15 is 0 Å². The van der Waals surface area contributed by atoms with Crippen molar-refractivity contribution >= 4 is 10.1 Å². The minimum absolute atomic E-state index is 0.103. The lowest BCUT2D eigenvalue weighted by atomic mass is 10.1. The van der Waals surface area contributed by atoms with Gasteiger partial charge in [0, 0.05) is 32.2 Å². The lowest BCUT2D eigenvalue weighted by molar-refractivity contribution is 0.0287. The van der Waals surface area contributed by atoms with E-state index in [4.69, 9.17) is 19.9 Å². The number of nitrogens with zero attached hydrogens (tertiary/aromatic N) is 1. The molecule has 0 aliphatic carbocycles. The summed E-state index contributed by atoms with van der Waals surface area (Å²) in [4.78, 5) is 1.26. The first kappa shape index (κ1) is 16.7. The van der Waals surface area contributed by atoms with Crippen LogP contribution in [0.3, 0.4) is 0 Å². The van der Waals surface area contributed by atoms with Crippen LogP contribution in [0.4, 0.5) is 0 Å². The van der Waals surface area contributed by atoms with E-state index in [0.29, 0.717) is 0 Å². The Morgan fingerprint density at radius 1 is 1.06 bits per heavy atom. The Balaban J connectivity index is 4.20. The normalized spacial score (nSPS) is 14.5. The average Bonchev–Trinajstić information content (AvgIpc) is 2.21. The van der Waals surface area contributed by atoms with Crippen LogP contribution in [0.2, 0.25) is 0 Å². The fourth-order valence-electron chi connectivity index (χ4n) is 1.32. The van der Waals surface area contributed by atoms with E-state index in [9.17, 15) is 13.5 Å². The van der Waals surface area contributed by atoms with Crippen molar-refractivity contribution in [1.82, 2.24) is 4.90 Å². The summed E-state index contributed by atoms with van der Waals surface area (Å²) < 4.78 is 29.5. The highest BCUT2D eigenvalue weighted by molar-refractivity contribution is 7.85. The molecule has 17 heavy (non-hydrogen) atoms. The zero-order valence-electron chi connectivity index (χ0n) is 9.31. The summed E-state index contributed by atoms with van der Waals surface area (Å²) in [6.45, 7) is -1.12. The second kappa shape index (κ2) is 7.93. The number of hydrogen-bond donors (Lipinski definition) is 5. The third-order valence-electron chi connectivity index (χ3n) is 2.10. The van der Waals surface area contributed by atoms with Gasteiger partial charge in [-0.2, -0.15) is 8.42 Å². The highest BCUT2D eigenvalue weighted by Gasteiger charge is 2.19. The van der Waals surface area contributed by atoms with Crippen molar-refractivity contribution in [2.75, 3.05) is 38.8 Å². The van der Waals surface area contributed by atoms with Crippen molar-refractivity contribution in [3.8, 4) is 0 Å². The maximum Gasteiger partial charge on any atom is 0.267 e. The summed E-state index contributed by atoms with van der Waals surface area (Å²) >= 11 is 0. The van der Waals surface area contributed by atoms with E-state index in [0.717, 1.165) is 0 Å². The molecule has 0 aliphatic rings. The topological polar surface area (TPSA) is 139 Å². The Morgan fingerprint density at radius 2 is 1.59 bits per heavy atom. The van der Waals surface area contributed by atoms with Gasteiger partial charge in [0.05, 0.1) is 12.8 Å². The third kappa shape index (κ3) is 8.44. The molecular formula is C8H19NO7S. The number of hydrogen-bond acceptors (Lipinski definition) is 7. The molecule has 0 fully saturated rings. The van der Waals surface area contributed by atoms with Crippen LogP contribution in [0.15, 0.2) is 0 Å². The average molecular weight is 273 g/mol. The lowest BCUT2D eigenvalue weighted by Gasteiger charge is -2.25. The van der Waals surface area contributed by atoms with Crippen LogP contribution < -0.4 is 0 Å².